The molecule has 0 heterocycles. The number of rotatable bonds is 3. The van der Waals surface area contributed by atoms with Gasteiger partial charge in [-0.25, -0.2) is 0 Å². The van der Waals surface area contributed by atoms with E-state index >= 15 is 0 Å². The molecule has 0 spiro atoms. The fourth-order valence-corrected chi connectivity index (χ4v) is 52.5. The molecule has 0 bridgehead atoms. The van der Waals surface area contributed by atoms with Crippen molar-refractivity contribution in [1.29, 1.82) is 0 Å². The summed E-state index contributed by atoms with van der Waals surface area (Å²) in [6.45, 7) is 0. The van der Waals surface area contributed by atoms with Gasteiger partial charge in [0.05, 0.1) is 0 Å². The summed E-state index contributed by atoms with van der Waals surface area (Å²) in [6.07, 6.45) is 0. The maximum atomic E-state index is 2.21. The number of hydrogen-bond donors (Lipinski definition) is 0. The van der Waals surface area contributed by atoms with Gasteiger partial charge in [0.1, 0.15) is 0 Å². The van der Waals surface area contributed by atoms with E-state index in [1.165, 1.54) is 16.4 Å². The first kappa shape index (κ1) is 8.51. The molecule has 0 radical (unpaired) electrons. The summed E-state index contributed by atoms with van der Waals surface area (Å²) >= 11 is 1.07. The molecule has 0 saturated heterocycles. The van der Waals surface area contributed by atoms with Crippen LogP contribution < -0.4 is 0 Å². The van der Waals surface area contributed by atoms with Gasteiger partial charge in [-0.2, -0.15) is 0 Å². The predicted molar refractivity (Wildman–Crippen MR) is 35.1 cm³/mol. The summed E-state index contributed by atoms with van der Waals surface area (Å²) in [6, 6.07) is 0. The molecule has 0 aromatic rings. The van der Waals surface area contributed by atoms with Crippen molar-refractivity contribution in [2.75, 3.05) is 0 Å². The van der Waals surface area contributed by atoms with Gasteiger partial charge >= 0.3 is 66.5 Å². The summed E-state index contributed by atoms with van der Waals surface area (Å²) in [5.41, 5.74) is 0. The third-order valence-electron chi connectivity index (χ3n) is 0.164. The summed E-state index contributed by atoms with van der Waals surface area (Å²) in [5, 5.41) is 0. The second-order valence-electron chi connectivity index (χ2n) is 0.469. The quantitative estimate of drug-likeness (QED) is 0.369. The van der Waals surface area contributed by atoms with Gasteiger partial charge in [-0.3, -0.25) is 0 Å². The molecule has 0 aliphatic heterocycles. The van der Waals surface area contributed by atoms with Gasteiger partial charge in [-0.05, 0) is 0 Å². The second kappa shape index (κ2) is 7.51. The van der Waals surface area contributed by atoms with Crippen molar-refractivity contribution in [3.05, 3.63) is 0 Å². The van der Waals surface area contributed by atoms with Crippen molar-refractivity contribution in [1.82, 2.24) is 0 Å². The van der Waals surface area contributed by atoms with Crippen LogP contribution in [0.2, 0.25) is 0 Å². The van der Waals surface area contributed by atoms with E-state index in [0.717, 1.165) is 0 Å². The van der Waals surface area contributed by atoms with Gasteiger partial charge in [0.2, 0.25) is 0 Å². The molecular formula is H6Mo2S2Si2. The van der Waals surface area contributed by atoms with E-state index in [1.807, 2.05) is 0 Å². The Balaban J connectivity index is 2.34. The SMILES string of the molecule is [SiH3][Mo][S][S][Mo][SiH3]. The summed E-state index contributed by atoms with van der Waals surface area (Å²) in [4.78, 5) is 0. The van der Waals surface area contributed by atoms with Crippen molar-refractivity contribution >= 4 is 33.4 Å². The first-order chi connectivity index (χ1) is 2.91. The van der Waals surface area contributed by atoms with E-state index in [2.05, 4.69) is 17.0 Å². The van der Waals surface area contributed by atoms with E-state index in [9.17, 15) is 0 Å². The average Bonchev–Trinajstić information content (AvgIpc) is 1.61. The zero-order valence-electron chi connectivity index (χ0n) is 3.63. The Labute approximate surface area is 65.6 Å². The molecule has 0 nitrogen and oxygen atoms in total. The Kier molecular flexibility index (Phi) is 10.7. The first-order valence-electron chi connectivity index (χ1n) is 1.32. The van der Waals surface area contributed by atoms with Crippen LogP contribution in [0.25, 0.3) is 0 Å². The zero-order chi connectivity index (χ0) is 4.83. The topological polar surface area (TPSA) is 0 Å². The van der Waals surface area contributed by atoms with E-state index in [1.54, 1.807) is 0 Å². The zero-order valence-corrected chi connectivity index (χ0v) is 13.3. The third kappa shape index (κ3) is 6.51. The number of hydrogen-bond acceptors (Lipinski definition) is 2. The van der Waals surface area contributed by atoms with Crippen LogP contribution in [0.1, 0.15) is 0 Å². The van der Waals surface area contributed by atoms with Crippen LogP contribution in [-0.2, 0) is 33.1 Å². The molecule has 0 atom stereocenters. The minimum absolute atomic E-state index is 0.537. The molecule has 0 saturated carbocycles. The molecule has 0 aliphatic rings. The van der Waals surface area contributed by atoms with Crippen LogP contribution in [-0.4, -0.2) is 16.4 Å². The Morgan fingerprint density at radius 1 is 1.00 bits per heavy atom. The van der Waals surface area contributed by atoms with Gasteiger partial charge < -0.3 is 0 Å². The molecule has 0 aromatic heterocycles. The minimum atomic E-state index is 0.537. The molecule has 6 heavy (non-hydrogen) atoms. The van der Waals surface area contributed by atoms with E-state index in [4.69, 9.17) is 0 Å². The summed E-state index contributed by atoms with van der Waals surface area (Å²) in [7, 11) is 7.44. The van der Waals surface area contributed by atoms with Crippen LogP contribution in [0, 0.1) is 0 Å². The van der Waals surface area contributed by atoms with Gasteiger partial charge in [-0.1, -0.05) is 0 Å². The summed E-state index contributed by atoms with van der Waals surface area (Å²) < 4.78 is 0. The molecule has 0 rings (SSSR count). The fraction of sp³-hybridized carbons (Fsp3) is 0. The molecule has 6 heteroatoms. The van der Waals surface area contributed by atoms with Crippen molar-refractivity contribution in [2.24, 2.45) is 0 Å². The van der Waals surface area contributed by atoms with E-state index < -0.39 is 0 Å². The van der Waals surface area contributed by atoms with Gasteiger partial charge in [0.15, 0.2) is 0 Å². The van der Waals surface area contributed by atoms with Gasteiger partial charge in [0.25, 0.3) is 0 Å². The molecule has 0 fully saturated rings. The summed E-state index contributed by atoms with van der Waals surface area (Å²) in [5.74, 6) is 0. The Morgan fingerprint density at radius 2 is 1.33 bits per heavy atom. The van der Waals surface area contributed by atoms with Gasteiger partial charge in [-0.15, -0.1) is 0 Å². The second-order valence-corrected chi connectivity index (χ2v) is 25.0. The van der Waals surface area contributed by atoms with Crippen LogP contribution in [0.5, 0.6) is 0 Å². The molecule has 0 unspecified atom stereocenters. The Hall–Kier alpha value is 2.51. The van der Waals surface area contributed by atoms with Crippen LogP contribution in [0.3, 0.4) is 0 Å². The molecule has 0 aliphatic carbocycles. The standard InChI is InChI=1S/2Mo.S2.2H3Si/c;;1-2;;/h;;;2*1H3/q2*+1;-2;;. The van der Waals surface area contributed by atoms with Crippen LogP contribution >= 0.6 is 17.0 Å². The average molecular weight is 318 g/mol. The van der Waals surface area contributed by atoms with Crippen molar-refractivity contribution in [2.45, 2.75) is 0 Å². The molecule has 0 amide bonds. The van der Waals surface area contributed by atoms with E-state index in [0.29, 0.717) is 33.1 Å². The molecule has 38 valence electrons. The van der Waals surface area contributed by atoms with Crippen LogP contribution in [0.15, 0.2) is 0 Å². The van der Waals surface area contributed by atoms with Crippen molar-refractivity contribution in [3.63, 3.8) is 0 Å². The normalized spacial score (nSPS) is 10.0. The van der Waals surface area contributed by atoms with Crippen molar-refractivity contribution < 1.29 is 33.1 Å². The van der Waals surface area contributed by atoms with E-state index in [-0.39, 0.29) is 0 Å². The first-order valence-corrected chi connectivity index (χ1v) is 21.9. The maximum absolute atomic E-state index is 2.21. The third-order valence-corrected chi connectivity index (χ3v) is 30.5. The molecule has 0 N–H and O–H groups in total. The fourth-order valence-electron chi connectivity index (χ4n) is 0.0556. The molecule has 0 aromatic carbocycles. The van der Waals surface area contributed by atoms with Crippen LogP contribution in [0.4, 0.5) is 0 Å². The predicted octanol–water partition coefficient (Wildman–Crippen LogP) is -1.08. The van der Waals surface area contributed by atoms with Crippen molar-refractivity contribution in [3.8, 4) is 0 Å². The Bertz CT molecular complexity index is 21.5. The molecular weight excluding hydrogens is 312 g/mol. The Morgan fingerprint density at radius 3 is 1.50 bits per heavy atom. The monoisotopic (exact) mass is 322 g/mol. The van der Waals surface area contributed by atoms with Gasteiger partial charge in [0, 0.05) is 0 Å².